The minimum Gasteiger partial charge on any atom is -0.382 e. The molecule has 16 heavy (non-hydrogen) atoms. The van der Waals surface area contributed by atoms with Crippen LogP contribution in [0.5, 0.6) is 0 Å². The molecule has 0 saturated carbocycles. The third-order valence-corrected chi connectivity index (χ3v) is 2.45. The van der Waals surface area contributed by atoms with E-state index >= 15 is 0 Å². The Bertz CT molecular complexity index is 480. The molecule has 2 aromatic rings. The summed E-state index contributed by atoms with van der Waals surface area (Å²) in [6.07, 6.45) is 2.71. The zero-order chi connectivity index (χ0) is 11.4. The van der Waals surface area contributed by atoms with Gasteiger partial charge in [-0.25, -0.2) is 4.98 Å². The minimum absolute atomic E-state index is 0.518. The van der Waals surface area contributed by atoms with E-state index in [4.69, 9.17) is 5.73 Å². The Morgan fingerprint density at radius 2 is 2.12 bits per heavy atom. The average Bonchev–Trinajstić information content (AvgIpc) is 2.32. The number of nitrogens with two attached hydrogens (primary N) is 1. The number of benzene rings is 1. The third-order valence-electron chi connectivity index (χ3n) is 2.45. The second kappa shape index (κ2) is 4.66. The molecule has 3 N–H and O–H groups in total. The van der Waals surface area contributed by atoms with Crippen molar-refractivity contribution in [2.45, 2.75) is 13.3 Å². The highest BCUT2D eigenvalue weighted by atomic mass is 15.0. The Balaban J connectivity index is 2.24. The van der Waals surface area contributed by atoms with E-state index in [1.54, 1.807) is 6.20 Å². The number of nitrogen functional groups attached to an aromatic ring is 1. The summed E-state index contributed by atoms with van der Waals surface area (Å²) in [7, 11) is 0. The zero-order valence-electron chi connectivity index (χ0n) is 9.27. The van der Waals surface area contributed by atoms with Gasteiger partial charge in [-0.15, -0.1) is 0 Å². The topological polar surface area (TPSA) is 50.9 Å². The summed E-state index contributed by atoms with van der Waals surface area (Å²) in [4.78, 5) is 4.03. The van der Waals surface area contributed by atoms with Crippen LogP contribution in [0.4, 0.5) is 17.2 Å². The van der Waals surface area contributed by atoms with E-state index in [1.807, 2.05) is 24.3 Å². The lowest BCUT2D eigenvalue weighted by Crippen LogP contribution is -1.98. The van der Waals surface area contributed by atoms with Crippen LogP contribution in [0.1, 0.15) is 12.5 Å². The van der Waals surface area contributed by atoms with Crippen molar-refractivity contribution in [2.75, 3.05) is 11.1 Å². The van der Waals surface area contributed by atoms with Crippen LogP contribution in [0.25, 0.3) is 0 Å². The van der Waals surface area contributed by atoms with Gasteiger partial charge >= 0.3 is 0 Å². The van der Waals surface area contributed by atoms with Crippen LogP contribution in [-0.4, -0.2) is 4.98 Å². The molecule has 0 spiro atoms. The monoisotopic (exact) mass is 213 g/mol. The molecule has 0 atom stereocenters. The highest BCUT2D eigenvalue weighted by Gasteiger charge is 1.99. The van der Waals surface area contributed by atoms with Crippen molar-refractivity contribution in [3.8, 4) is 0 Å². The molecule has 0 aliphatic carbocycles. The number of pyridine rings is 1. The molecule has 0 bridgehead atoms. The Hall–Kier alpha value is -2.03. The minimum atomic E-state index is 0.518. The maximum Gasteiger partial charge on any atom is 0.147 e. The highest BCUT2D eigenvalue weighted by Crippen LogP contribution is 2.21. The van der Waals surface area contributed by atoms with Crippen molar-refractivity contribution in [1.82, 2.24) is 4.98 Å². The number of nitrogens with one attached hydrogen (secondary N) is 1. The van der Waals surface area contributed by atoms with Crippen LogP contribution in [-0.2, 0) is 6.42 Å². The predicted molar refractivity (Wildman–Crippen MR) is 67.8 cm³/mol. The van der Waals surface area contributed by atoms with E-state index in [1.165, 1.54) is 5.56 Å². The molecule has 1 aromatic heterocycles. The summed E-state index contributed by atoms with van der Waals surface area (Å²) in [5.74, 6) is 0.518. The predicted octanol–water partition coefficient (Wildman–Crippen LogP) is 2.97. The van der Waals surface area contributed by atoms with Crippen LogP contribution in [0, 0.1) is 0 Å². The fraction of sp³-hybridized carbons (Fsp3) is 0.154. The van der Waals surface area contributed by atoms with Crippen LogP contribution >= 0.6 is 0 Å². The molecule has 0 aliphatic heterocycles. The fourth-order valence-corrected chi connectivity index (χ4v) is 1.55. The Morgan fingerprint density at radius 1 is 1.25 bits per heavy atom. The lowest BCUT2D eigenvalue weighted by Gasteiger charge is -2.09. The maximum atomic E-state index is 5.77. The summed E-state index contributed by atoms with van der Waals surface area (Å²) in [5.41, 5.74) is 8.95. The zero-order valence-corrected chi connectivity index (χ0v) is 9.27. The van der Waals surface area contributed by atoms with Crippen LogP contribution in [0.3, 0.4) is 0 Å². The van der Waals surface area contributed by atoms with Gasteiger partial charge in [0.05, 0.1) is 5.69 Å². The number of hydrogen-bond donors (Lipinski definition) is 2. The fourth-order valence-electron chi connectivity index (χ4n) is 1.55. The SMILES string of the molecule is CCc1cccc(Nc2cccnc2N)c1. The van der Waals surface area contributed by atoms with Crippen LogP contribution in [0.2, 0.25) is 0 Å². The lowest BCUT2D eigenvalue weighted by atomic mass is 10.1. The Kier molecular flexibility index (Phi) is 3.05. The molecule has 3 heteroatoms. The van der Waals surface area contributed by atoms with Gasteiger partial charge in [0.2, 0.25) is 0 Å². The number of aryl methyl sites for hydroxylation is 1. The molecule has 82 valence electrons. The molecule has 0 amide bonds. The van der Waals surface area contributed by atoms with Crippen LogP contribution < -0.4 is 11.1 Å². The molecule has 0 radical (unpaired) electrons. The summed E-state index contributed by atoms with van der Waals surface area (Å²) in [6, 6.07) is 12.1. The second-order valence-electron chi connectivity index (χ2n) is 3.62. The van der Waals surface area contributed by atoms with Gasteiger partial charge in [0.1, 0.15) is 5.82 Å². The van der Waals surface area contributed by atoms with E-state index in [9.17, 15) is 0 Å². The van der Waals surface area contributed by atoms with Gasteiger partial charge in [0, 0.05) is 11.9 Å². The standard InChI is InChI=1S/C13H15N3/c1-2-10-5-3-6-11(9-10)16-12-7-4-8-15-13(12)14/h3-9,16H,2H2,1H3,(H2,14,15). The second-order valence-corrected chi connectivity index (χ2v) is 3.62. The van der Waals surface area contributed by atoms with Crippen molar-refractivity contribution >= 4 is 17.2 Å². The molecule has 0 fully saturated rings. The van der Waals surface area contributed by atoms with E-state index in [0.29, 0.717) is 5.82 Å². The first-order chi connectivity index (χ1) is 7.79. The first-order valence-corrected chi connectivity index (χ1v) is 5.36. The third kappa shape index (κ3) is 2.31. The molecular weight excluding hydrogens is 198 g/mol. The first kappa shape index (κ1) is 10.5. The van der Waals surface area contributed by atoms with Crippen molar-refractivity contribution < 1.29 is 0 Å². The number of anilines is 3. The molecular formula is C13H15N3. The molecule has 0 aliphatic rings. The average molecular weight is 213 g/mol. The summed E-state index contributed by atoms with van der Waals surface area (Å²) in [6.45, 7) is 2.14. The van der Waals surface area contributed by atoms with E-state index in [-0.39, 0.29) is 0 Å². The summed E-state index contributed by atoms with van der Waals surface area (Å²) < 4.78 is 0. The van der Waals surface area contributed by atoms with E-state index in [0.717, 1.165) is 17.8 Å². The number of aromatic nitrogens is 1. The van der Waals surface area contributed by atoms with Gasteiger partial charge in [-0.1, -0.05) is 19.1 Å². The van der Waals surface area contributed by atoms with Crippen LogP contribution in [0.15, 0.2) is 42.6 Å². The molecule has 0 unspecified atom stereocenters. The highest BCUT2D eigenvalue weighted by molar-refractivity contribution is 5.69. The van der Waals surface area contributed by atoms with Crippen molar-refractivity contribution in [3.05, 3.63) is 48.2 Å². The van der Waals surface area contributed by atoms with E-state index < -0.39 is 0 Å². The Labute approximate surface area is 95.3 Å². The molecule has 1 aromatic carbocycles. The normalized spacial score (nSPS) is 10.1. The van der Waals surface area contributed by atoms with Gasteiger partial charge in [0.15, 0.2) is 0 Å². The molecule has 3 nitrogen and oxygen atoms in total. The molecule has 2 rings (SSSR count). The van der Waals surface area contributed by atoms with Crippen molar-refractivity contribution in [3.63, 3.8) is 0 Å². The van der Waals surface area contributed by atoms with Gasteiger partial charge in [-0.2, -0.15) is 0 Å². The van der Waals surface area contributed by atoms with E-state index in [2.05, 4.69) is 29.4 Å². The van der Waals surface area contributed by atoms with Gasteiger partial charge in [0.25, 0.3) is 0 Å². The summed E-state index contributed by atoms with van der Waals surface area (Å²) >= 11 is 0. The molecule has 1 heterocycles. The van der Waals surface area contributed by atoms with Crippen molar-refractivity contribution in [1.29, 1.82) is 0 Å². The Morgan fingerprint density at radius 3 is 2.88 bits per heavy atom. The lowest BCUT2D eigenvalue weighted by molar-refractivity contribution is 1.14. The van der Waals surface area contributed by atoms with Gasteiger partial charge in [-0.3, -0.25) is 0 Å². The van der Waals surface area contributed by atoms with Gasteiger partial charge in [-0.05, 0) is 36.2 Å². The smallest absolute Gasteiger partial charge is 0.147 e. The quantitative estimate of drug-likeness (QED) is 0.824. The van der Waals surface area contributed by atoms with Crippen molar-refractivity contribution in [2.24, 2.45) is 0 Å². The first-order valence-electron chi connectivity index (χ1n) is 5.36. The number of nitrogens with zero attached hydrogens (tertiary/aromatic N) is 1. The maximum absolute atomic E-state index is 5.77. The number of rotatable bonds is 3. The number of hydrogen-bond acceptors (Lipinski definition) is 3. The van der Waals surface area contributed by atoms with Gasteiger partial charge < -0.3 is 11.1 Å². The molecule has 0 saturated heterocycles. The largest absolute Gasteiger partial charge is 0.382 e. The summed E-state index contributed by atoms with van der Waals surface area (Å²) in [5, 5.41) is 3.26.